The number of pyridine rings is 1. The standard InChI is InChI=1S/C20H21N5O2S2/c1-13-23-16(12-29-13)10-18(26)25-7-4-14(5-8-25)17-3-2-15(11-22-17)19(27)24-20-21-6-9-28-20/h2-3,6,9,11-12,14H,4-5,7-8,10H2,1H3,(H,21,24,27). The largest absolute Gasteiger partial charge is 0.342 e. The molecule has 0 atom stereocenters. The number of anilines is 1. The first kappa shape index (κ1) is 19.7. The minimum absolute atomic E-state index is 0.135. The number of hydrogen-bond acceptors (Lipinski definition) is 7. The molecule has 1 aliphatic heterocycles. The number of hydrogen-bond donors (Lipinski definition) is 1. The molecule has 1 saturated heterocycles. The van der Waals surface area contributed by atoms with Crippen LogP contribution in [0.5, 0.6) is 0 Å². The van der Waals surface area contributed by atoms with E-state index in [1.807, 2.05) is 28.7 Å². The second-order valence-electron chi connectivity index (χ2n) is 6.95. The van der Waals surface area contributed by atoms with Gasteiger partial charge < -0.3 is 4.90 Å². The maximum absolute atomic E-state index is 12.5. The van der Waals surface area contributed by atoms with Crippen LogP contribution in [-0.2, 0) is 11.2 Å². The van der Waals surface area contributed by atoms with Gasteiger partial charge in [0.25, 0.3) is 5.91 Å². The fourth-order valence-electron chi connectivity index (χ4n) is 3.42. The molecule has 0 aliphatic carbocycles. The summed E-state index contributed by atoms with van der Waals surface area (Å²) in [6.45, 7) is 3.40. The number of aryl methyl sites for hydroxylation is 1. The van der Waals surface area contributed by atoms with E-state index in [4.69, 9.17) is 0 Å². The molecule has 3 aromatic heterocycles. The highest BCUT2D eigenvalue weighted by Gasteiger charge is 2.25. The predicted octanol–water partition coefficient (Wildman–Crippen LogP) is 3.50. The Hall–Kier alpha value is -2.65. The van der Waals surface area contributed by atoms with Crippen molar-refractivity contribution in [3.63, 3.8) is 0 Å². The lowest BCUT2D eigenvalue weighted by Gasteiger charge is -2.31. The molecule has 0 unspecified atom stereocenters. The van der Waals surface area contributed by atoms with E-state index in [1.54, 1.807) is 29.8 Å². The lowest BCUT2D eigenvalue weighted by atomic mass is 9.92. The van der Waals surface area contributed by atoms with Crippen molar-refractivity contribution in [1.29, 1.82) is 0 Å². The van der Waals surface area contributed by atoms with Crippen molar-refractivity contribution in [1.82, 2.24) is 19.9 Å². The van der Waals surface area contributed by atoms with E-state index < -0.39 is 0 Å². The van der Waals surface area contributed by atoms with Crippen molar-refractivity contribution >= 4 is 39.6 Å². The maximum Gasteiger partial charge on any atom is 0.259 e. The summed E-state index contributed by atoms with van der Waals surface area (Å²) in [7, 11) is 0. The quantitative estimate of drug-likeness (QED) is 0.673. The molecule has 0 aromatic carbocycles. The summed E-state index contributed by atoms with van der Waals surface area (Å²) in [6, 6.07) is 3.71. The van der Waals surface area contributed by atoms with Gasteiger partial charge in [-0.15, -0.1) is 22.7 Å². The highest BCUT2D eigenvalue weighted by Crippen LogP contribution is 2.27. The number of amides is 2. The van der Waals surface area contributed by atoms with Gasteiger partial charge in [0.1, 0.15) is 0 Å². The minimum atomic E-state index is -0.211. The van der Waals surface area contributed by atoms with Crippen LogP contribution in [0.15, 0.2) is 35.3 Å². The molecule has 7 nitrogen and oxygen atoms in total. The Morgan fingerprint density at radius 1 is 1.21 bits per heavy atom. The lowest BCUT2D eigenvalue weighted by molar-refractivity contribution is -0.131. The molecule has 1 fully saturated rings. The second kappa shape index (κ2) is 8.79. The third kappa shape index (κ3) is 4.86. The van der Waals surface area contributed by atoms with Crippen molar-refractivity contribution in [2.75, 3.05) is 18.4 Å². The Morgan fingerprint density at radius 3 is 2.66 bits per heavy atom. The van der Waals surface area contributed by atoms with Crippen LogP contribution >= 0.6 is 22.7 Å². The summed E-state index contributed by atoms with van der Waals surface area (Å²) in [5.41, 5.74) is 2.33. The molecule has 0 bridgehead atoms. The van der Waals surface area contributed by atoms with Gasteiger partial charge in [0.15, 0.2) is 5.13 Å². The molecule has 150 valence electrons. The molecule has 0 saturated carbocycles. The zero-order valence-electron chi connectivity index (χ0n) is 16.0. The molecule has 4 heterocycles. The Bertz CT molecular complexity index is 977. The van der Waals surface area contributed by atoms with Crippen molar-refractivity contribution in [3.05, 3.63) is 57.2 Å². The topological polar surface area (TPSA) is 88.1 Å². The van der Waals surface area contributed by atoms with Gasteiger partial charge in [-0.05, 0) is 31.9 Å². The third-order valence-corrected chi connectivity index (χ3v) is 6.48. The van der Waals surface area contributed by atoms with E-state index >= 15 is 0 Å². The molecule has 1 aliphatic rings. The summed E-state index contributed by atoms with van der Waals surface area (Å²) < 4.78 is 0. The van der Waals surface area contributed by atoms with Crippen molar-refractivity contribution < 1.29 is 9.59 Å². The highest BCUT2D eigenvalue weighted by atomic mass is 32.1. The number of thiazole rings is 2. The molecule has 4 rings (SSSR count). The maximum atomic E-state index is 12.5. The monoisotopic (exact) mass is 427 g/mol. The van der Waals surface area contributed by atoms with Gasteiger partial charge in [-0.25, -0.2) is 9.97 Å². The third-order valence-electron chi connectivity index (χ3n) is 4.97. The summed E-state index contributed by atoms with van der Waals surface area (Å²) in [5, 5.41) is 8.08. The predicted molar refractivity (Wildman–Crippen MR) is 113 cm³/mol. The van der Waals surface area contributed by atoms with Crippen LogP contribution in [0.3, 0.4) is 0 Å². The molecular formula is C20H21N5O2S2. The van der Waals surface area contributed by atoms with Crippen LogP contribution in [-0.4, -0.2) is 44.8 Å². The van der Waals surface area contributed by atoms with Crippen LogP contribution in [0.25, 0.3) is 0 Å². The fourth-order valence-corrected chi connectivity index (χ4v) is 4.55. The zero-order valence-corrected chi connectivity index (χ0v) is 17.6. The van der Waals surface area contributed by atoms with Crippen LogP contribution in [0, 0.1) is 6.92 Å². The van der Waals surface area contributed by atoms with E-state index in [0.717, 1.165) is 42.3 Å². The van der Waals surface area contributed by atoms with Gasteiger partial charge in [-0.3, -0.25) is 19.9 Å². The van der Waals surface area contributed by atoms with E-state index in [9.17, 15) is 9.59 Å². The van der Waals surface area contributed by atoms with Crippen molar-refractivity contribution in [3.8, 4) is 0 Å². The molecule has 1 N–H and O–H groups in total. The van der Waals surface area contributed by atoms with Crippen molar-refractivity contribution in [2.45, 2.75) is 32.1 Å². The van der Waals surface area contributed by atoms with Gasteiger partial charge in [-0.2, -0.15) is 0 Å². The average Bonchev–Trinajstić information content (AvgIpc) is 3.40. The number of nitrogens with zero attached hydrogens (tertiary/aromatic N) is 4. The molecule has 0 spiro atoms. The number of aromatic nitrogens is 3. The van der Waals surface area contributed by atoms with E-state index in [-0.39, 0.29) is 11.8 Å². The number of piperidine rings is 1. The van der Waals surface area contributed by atoms with E-state index in [0.29, 0.717) is 23.0 Å². The minimum Gasteiger partial charge on any atom is -0.342 e. The Kier molecular flexibility index (Phi) is 5.96. The summed E-state index contributed by atoms with van der Waals surface area (Å²) in [5.74, 6) is 0.226. The van der Waals surface area contributed by atoms with E-state index in [1.165, 1.54) is 11.3 Å². The molecular weight excluding hydrogens is 406 g/mol. The molecule has 29 heavy (non-hydrogen) atoms. The first-order valence-electron chi connectivity index (χ1n) is 9.44. The van der Waals surface area contributed by atoms with Crippen LogP contribution < -0.4 is 5.32 Å². The van der Waals surface area contributed by atoms with Gasteiger partial charge in [0.2, 0.25) is 5.91 Å². The first-order valence-corrected chi connectivity index (χ1v) is 11.2. The molecule has 3 aromatic rings. The summed E-state index contributed by atoms with van der Waals surface area (Å²) in [4.78, 5) is 39.6. The van der Waals surface area contributed by atoms with Gasteiger partial charge in [0, 0.05) is 47.9 Å². The molecule has 0 radical (unpaired) electrons. The Morgan fingerprint density at radius 2 is 2.03 bits per heavy atom. The normalized spacial score (nSPS) is 14.7. The number of nitrogens with one attached hydrogen (secondary N) is 1. The highest BCUT2D eigenvalue weighted by molar-refractivity contribution is 7.13. The average molecular weight is 428 g/mol. The SMILES string of the molecule is Cc1nc(CC(=O)N2CCC(c3ccc(C(=O)Nc4nccs4)cn3)CC2)cs1. The summed E-state index contributed by atoms with van der Waals surface area (Å²) >= 11 is 2.95. The number of rotatable bonds is 5. The van der Waals surface area contributed by atoms with Gasteiger partial charge >= 0.3 is 0 Å². The van der Waals surface area contributed by atoms with Crippen LogP contribution in [0.4, 0.5) is 5.13 Å². The molecule has 2 amide bonds. The Labute approximate surface area is 176 Å². The van der Waals surface area contributed by atoms with Crippen LogP contribution in [0.1, 0.15) is 45.5 Å². The number of likely N-dealkylation sites (tertiary alicyclic amines) is 1. The Balaban J connectivity index is 1.30. The fraction of sp³-hybridized carbons (Fsp3) is 0.350. The smallest absolute Gasteiger partial charge is 0.259 e. The number of carbonyl (C=O) groups is 2. The zero-order chi connectivity index (χ0) is 20.2. The number of carbonyl (C=O) groups excluding carboxylic acids is 2. The van der Waals surface area contributed by atoms with Gasteiger partial charge in [-0.1, -0.05) is 0 Å². The first-order chi connectivity index (χ1) is 14.1. The van der Waals surface area contributed by atoms with Crippen molar-refractivity contribution in [2.24, 2.45) is 0 Å². The van der Waals surface area contributed by atoms with Crippen LogP contribution in [0.2, 0.25) is 0 Å². The van der Waals surface area contributed by atoms with E-state index in [2.05, 4.69) is 20.3 Å². The summed E-state index contributed by atoms with van der Waals surface area (Å²) in [6.07, 6.45) is 5.38. The second-order valence-corrected chi connectivity index (χ2v) is 8.91. The lowest BCUT2D eigenvalue weighted by Crippen LogP contribution is -2.39. The molecule has 9 heteroatoms. The van der Waals surface area contributed by atoms with Gasteiger partial charge in [0.05, 0.1) is 22.7 Å².